The summed E-state index contributed by atoms with van der Waals surface area (Å²) in [6.45, 7) is 10.8. The molecule has 0 saturated carbocycles. The average molecular weight is 356 g/mol. The van der Waals surface area contributed by atoms with Crippen LogP contribution in [0.25, 0.3) is 0 Å². The van der Waals surface area contributed by atoms with E-state index in [0.29, 0.717) is 0 Å². The summed E-state index contributed by atoms with van der Waals surface area (Å²) in [7, 11) is 0. The fourth-order valence-electron chi connectivity index (χ4n) is 2.05. The lowest BCUT2D eigenvalue weighted by Crippen LogP contribution is -2.27. The summed E-state index contributed by atoms with van der Waals surface area (Å²) in [5.41, 5.74) is 1.33. The van der Waals surface area contributed by atoms with E-state index < -0.39 is 0 Å². The second-order valence-electron chi connectivity index (χ2n) is 5.52. The highest BCUT2D eigenvalue weighted by atomic mass is 79.9. The fraction of sp³-hybridized carbons (Fsp3) is 0.684. The Morgan fingerprint density at radius 3 is 1.48 bits per heavy atom. The summed E-state index contributed by atoms with van der Waals surface area (Å²) in [6, 6.07) is 10.3. The number of benzene rings is 1. The molecule has 0 heterocycles. The number of hydrogen-bond donors (Lipinski definition) is 0. The molecule has 0 aliphatic carbocycles. The lowest BCUT2D eigenvalue weighted by atomic mass is 10.2. The van der Waals surface area contributed by atoms with Gasteiger partial charge in [0.05, 0.1) is 0 Å². The first-order valence-corrected chi connectivity index (χ1v) is 9.72. The summed E-state index contributed by atoms with van der Waals surface area (Å²) in [5.74, 6) is 0. The molecule has 1 nitrogen and oxygen atoms in total. The van der Waals surface area contributed by atoms with Gasteiger partial charge in [-0.25, -0.2) is 0 Å². The summed E-state index contributed by atoms with van der Waals surface area (Å²) < 4.78 is 0. The minimum Gasteiger partial charge on any atom is -0.303 e. The highest BCUT2D eigenvalue weighted by Crippen LogP contribution is 2.02. The Hall–Kier alpha value is -0.340. The third-order valence-corrected chi connectivity index (χ3v) is 4.13. The smallest absolute Gasteiger partial charge is 0.0283 e. The van der Waals surface area contributed by atoms with Gasteiger partial charge in [-0.05, 0) is 44.5 Å². The topological polar surface area (TPSA) is 3.24 Å². The molecule has 0 aliphatic heterocycles. The van der Waals surface area contributed by atoms with Gasteiger partial charge in [0, 0.05) is 5.33 Å². The largest absolute Gasteiger partial charge is 0.303 e. The zero-order valence-electron chi connectivity index (χ0n) is 14.3. The first kappa shape index (κ1) is 20.7. The van der Waals surface area contributed by atoms with E-state index in [1.807, 2.05) is 18.2 Å². The molecule has 122 valence electrons. The SMILES string of the molecule is BrCc1ccccc1.CCCCN(CCCC)CCCC. The lowest BCUT2D eigenvalue weighted by molar-refractivity contribution is 0.261. The minimum atomic E-state index is 0.952. The third kappa shape index (κ3) is 13.1. The van der Waals surface area contributed by atoms with E-state index >= 15 is 0 Å². The van der Waals surface area contributed by atoms with E-state index in [1.54, 1.807) is 0 Å². The molecule has 0 fully saturated rings. The van der Waals surface area contributed by atoms with Crippen LogP contribution in [-0.4, -0.2) is 24.5 Å². The zero-order valence-corrected chi connectivity index (χ0v) is 15.9. The molecule has 0 aliphatic rings. The molecule has 0 amide bonds. The monoisotopic (exact) mass is 355 g/mol. The highest BCUT2D eigenvalue weighted by molar-refractivity contribution is 9.08. The van der Waals surface area contributed by atoms with Crippen molar-refractivity contribution in [3.05, 3.63) is 35.9 Å². The minimum absolute atomic E-state index is 0.952. The van der Waals surface area contributed by atoms with Gasteiger partial charge in [-0.1, -0.05) is 86.3 Å². The number of halogens is 1. The number of unbranched alkanes of at least 4 members (excludes halogenated alkanes) is 3. The van der Waals surface area contributed by atoms with Gasteiger partial charge in [-0.3, -0.25) is 0 Å². The van der Waals surface area contributed by atoms with Gasteiger partial charge in [0.1, 0.15) is 0 Å². The Kier molecular flexibility index (Phi) is 15.8. The van der Waals surface area contributed by atoms with Gasteiger partial charge in [-0.2, -0.15) is 0 Å². The summed E-state index contributed by atoms with van der Waals surface area (Å²) in [6.07, 6.45) is 8.09. The van der Waals surface area contributed by atoms with Crippen LogP contribution in [-0.2, 0) is 5.33 Å². The Morgan fingerprint density at radius 2 is 1.19 bits per heavy atom. The van der Waals surface area contributed by atoms with Crippen LogP contribution in [0.2, 0.25) is 0 Å². The van der Waals surface area contributed by atoms with Crippen molar-refractivity contribution in [2.45, 2.75) is 64.6 Å². The van der Waals surface area contributed by atoms with E-state index in [1.165, 1.54) is 63.7 Å². The zero-order chi connectivity index (χ0) is 15.8. The maximum atomic E-state index is 3.36. The van der Waals surface area contributed by atoms with Gasteiger partial charge >= 0.3 is 0 Å². The van der Waals surface area contributed by atoms with Crippen molar-refractivity contribution in [2.24, 2.45) is 0 Å². The molecule has 0 radical (unpaired) electrons. The first-order chi connectivity index (χ1) is 10.3. The van der Waals surface area contributed by atoms with Crippen molar-refractivity contribution >= 4 is 15.9 Å². The fourth-order valence-corrected chi connectivity index (χ4v) is 2.42. The highest BCUT2D eigenvalue weighted by Gasteiger charge is 2.01. The molecule has 0 spiro atoms. The molecule has 0 unspecified atom stereocenters. The van der Waals surface area contributed by atoms with E-state index in [9.17, 15) is 0 Å². The number of hydrogen-bond acceptors (Lipinski definition) is 1. The number of rotatable bonds is 10. The van der Waals surface area contributed by atoms with Crippen LogP contribution in [0.4, 0.5) is 0 Å². The average Bonchev–Trinajstić information content (AvgIpc) is 2.55. The molecule has 21 heavy (non-hydrogen) atoms. The lowest BCUT2D eigenvalue weighted by Gasteiger charge is -2.21. The predicted molar refractivity (Wildman–Crippen MR) is 100 cm³/mol. The Morgan fingerprint density at radius 1 is 0.762 bits per heavy atom. The van der Waals surface area contributed by atoms with E-state index in [-0.39, 0.29) is 0 Å². The molecule has 1 rings (SSSR count). The van der Waals surface area contributed by atoms with E-state index in [2.05, 4.69) is 53.7 Å². The summed E-state index contributed by atoms with van der Waals surface area (Å²) >= 11 is 3.36. The van der Waals surface area contributed by atoms with Crippen molar-refractivity contribution in [3.8, 4) is 0 Å². The number of nitrogens with zero attached hydrogens (tertiary/aromatic N) is 1. The van der Waals surface area contributed by atoms with Crippen molar-refractivity contribution in [3.63, 3.8) is 0 Å². The standard InChI is InChI=1S/C12H27N.C7H7Br/c1-4-7-10-13(11-8-5-2)12-9-6-3;8-6-7-4-2-1-3-5-7/h4-12H2,1-3H3;1-5H,6H2. The summed E-state index contributed by atoms with van der Waals surface area (Å²) in [4.78, 5) is 2.64. The third-order valence-electron chi connectivity index (χ3n) is 3.48. The molecular weight excluding hydrogens is 322 g/mol. The molecule has 0 aromatic heterocycles. The van der Waals surface area contributed by atoms with E-state index in [0.717, 1.165) is 5.33 Å². The van der Waals surface area contributed by atoms with Crippen LogP contribution in [0.15, 0.2) is 30.3 Å². The molecule has 0 N–H and O–H groups in total. The Labute approximate surface area is 141 Å². The van der Waals surface area contributed by atoms with Crippen molar-refractivity contribution in [1.82, 2.24) is 4.90 Å². The second-order valence-corrected chi connectivity index (χ2v) is 6.08. The molecule has 1 aromatic carbocycles. The van der Waals surface area contributed by atoms with Crippen LogP contribution >= 0.6 is 15.9 Å². The van der Waals surface area contributed by atoms with Crippen LogP contribution in [0.5, 0.6) is 0 Å². The summed E-state index contributed by atoms with van der Waals surface area (Å²) in [5, 5.41) is 0.952. The van der Waals surface area contributed by atoms with Gasteiger partial charge in [0.25, 0.3) is 0 Å². The van der Waals surface area contributed by atoms with Crippen LogP contribution in [0.3, 0.4) is 0 Å². The quantitative estimate of drug-likeness (QED) is 0.447. The molecule has 0 atom stereocenters. The first-order valence-electron chi connectivity index (χ1n) is 8.60. The molecule has 2 heteroatoms. The van der Waals surface area contributed by atoms with Gasteiger partial charge < -0.3 is 4.90 Å². The Bertz CT molecular complexity index is 281. The van der Waals surface area contributed by atoms with Crippen molar-refractivity contribution in [2.75, 3.05) is 19.6 Å². The van der Waals surface area contributed by atoms with E-state index in [4.69, 9.17) is 0 Å². The maximum absolute atomic E-state index is 3.36. The van der Waals surface area contributed by atoms with Crippen molar-refractivity contribution < 1.29 is 0 Å². The van der Waals surface area contributed by atoms with Gasteiger partial charge in [0.2, 0.25) is 0 Å². The normalized spacial score (nSPS) is 10.3. The molecule has 0 bridgehead atoms. The van der Waals surface area contributed by atoms with Crippen LogP contribution in [0.1, 0.15) is 64.9 Å². The molecular formula is C19H34BrN. The second kappa shape index (κ2) is 16.0. The Balaban J connectivity index is 0.000000423. The van der Waals surface area contributed by atoms with Crippen molar-refractivity contribution in [1.29, 1.82) is 0 Å². The molecule has 0 saturated heterocycles. The van der Waals surface area contributed by atoms with Crippen LogP contribution in [0, 0.1) is 0 Å². The number of alkyl halides is 1. The maximum Gasteiger partial charge on any atom is 0.0283 e. The van der Waals surface area contributed by atoms with Gasteiger partial charge in [0.15, 0.2) is 0 Å². The molecule has 1 aromatic rings. The van der Waals surface area contributed by atoms with Gasteiger partial charge in [-0.15, -0.1) is 0 Å². The van der Waals surface area contributed by atoms with Crippen LogP contribution < -0.4 is 0 Å². The predicted octanol–water partition coefficient (Wildman–Crippen LogP) is 6.27.